The number of anilines is 1. The summed E-state index contributed by atoms with van der Waals surface area (Å²) in [7, 11) is 0. The van der Waals surface area contributed by atoms with Crippen LogP contribution in [0, 0.1) is 13.8 Å². The van der Waals surface area contributed by atoms with Gasteiger partial charge < -0.3 is 14.9 Å². The van der Waals surface area contributed by atoms with Gasteiger partial charge in [-0.3, -0.25) is 14.5 Å². The quantitative estimate of drug-likeness (QED) is 0.185. The number of carbonyl (C=O) groups excluding carboxylic acids is 2. The highest BCUT2D eigenvalue weighted by atomic mass is 32.1. The topological polar surface area (TPSA) is 100.0 Å². The fraction of sp³-hybridized carbons (Fsp3) is 0.207. The van der Waals surface area contributed by atoms with Gasteiger partial charge in [-0.15, -0.1) is 0 Å². The third kappa shape index (κ3) is 4.44. The number of carbonyl (C=O) groups is 2. The van der Waals surface area contributed by atoms with E-state index in [0.717, 1.165) is 27.8 Å². The van der Waals surface area contributed by atoms with Crippen molar-refractivity contribution in [3.05, 3.63) is 88.5 Å². The Labute approximate surface area is 218 Å². The lowest BCUT2D eigenvalue weighted by Gasteiger charge is -2.23. The Morgan fingerprint density at radius 2 is 1.84 bits per heavy atom. The molecule has 0 spiro atoms. The first-order valence-electron chi connectivity index (χ1n) is 12.0. The maximum atomic E-state index is 13.5. The zero-order chi connectivity index (χ0) is 26.3. The lowest BCUT2D eigenvalue weighted by molar-refractivity contribution is -0.132. The minimum Gasteiger partial charge on any atom is -0.508 e. The molecule has 188 valence electrons. The molecule has 1 saturated heterocycles. The molecule has 0 radical (unpaired) electrons. The number of benzene rings is 3. The van der Waals surface area contributed by atoms with Gasteiger partial charge in [0.25, 0.3) is 5.78 Å². The van der Waals surface area contributed by atoms with Crippen molar-refractivity contribution in [2.24, 2.45) is 0 Å². The SMILES string of the molecule is CCCOc1cccc(/C(O)=C2\C(=O)C(=O)N(c3nc4c(C)cc(C)cc4s3)C2c2ccc(O)cc2)c1. The van der Waals surface area contributed by atoms with E-state index in [-0.39, 0.29) is 17.1 Å². The molecule has 0 bridgehead atoms. The fourth-order valence-corrected chi connectivity index (χ4v) is 5.74. The summed E-state index contributed by atoms with van der Waals surface area (Å²) in [6, 6.07) is 16.1. The Balaban J connectivity index is 1.69. The third-order valence-electron chi connectivity index (χ3n) is 6.26. The van der Waals surface area contributed by atoms with Crippen LogP contribution >= 0.6 is 11.3 Å². The minimum absolute atomic E-state index is 0.0458. The third-order valence-corrected chi connectivity index (χ3v) is 7.26. The van der Waals surface area contributed by atoms with E-state index in [1.165, 1.54) is 28.4 Å². The van der Waals surface area contributed by atoms with Crippen LogP contribution in [0.1, 0.15) is 41.6 Å². The molecule has 3 aromatic carbocycles. The molecule has 1 aliphatic rings. The summed E-state index contributed by atoms with van der Waals surface area (Å²) in [6.07, 6.45) is 0.823. The van der Waals surface area contributed by atoms with Crippen molar-refractivity contribution in [1.82, 2.24) is 4.98 Å². The van der Waals surface area contributed by atoms with Crippen LogP contribution in [0.25, 0.3) is 16.0 Å². The van der Waals surface area contributed by atoms with E-state index in [0.29, 0.717) is 28.6 Å². The number of hydrogen-bond acceptors (Lipinski definition) is 7. The Bertz CT molecular complexity index is 1550. The molecule has 0 saturated carbocycles. The lowest BCUT2D eigenvalue weighted by atomic mass is 9.95. The van der Waals surface area contributed by atoms with Crippen LogP contribution in [0.5, 0.6) is 11.5 Å². The highest BCUT2D eigenvalue weighted by Crippen LogP contribution is 2.45. The summed E-state index contributed by atoms with van der Waals surface area (Å²) in [6.45, 7) is 6.46. The molecule has 1 unspecified atom stereocenters. The molecule has 1 fully saturated rings. The second kappa shape index (κ2) is 9.71. The molecule has 8 heteroatoms. The number of phenolic OH excluding ortho intramolecular Hbond substituents is 1. The van der Waals surface area contributed by atoms with Gasteiger partial charge in [-0.1, -0.05) is 48.6 Å². The normalized spacial score (nSPS) is 17.1. The average molecular weight is 515 g/mol. The zero-order valence-corrected chi connectivity index (χ0v) is 21.5. The van der Waals surface area contributed by atoms with Crippen molar-refractivity contribution >= 4 is 44.1 Å². The number of aryl methyl sites for hydroxylation is 2. The number of hydrogen-bond donors (Lipinski definition) is 2. The van der Waals surface area contributed by atoms with E-state index in [1.807, 2.05) is 32.9 Å². The Kier molecular flexibility index (Phi) is 6.43. The van der Waals surface area contributed by atoms with Crippen LogP contribution in [0.2, 0.25) is 0 Å². The van der Waals surface area contributed by atoms with E-state index in [1.54, 1.807) is 36.4 Å². The van der Waals surface area contributed by atoms with E-state index in [9.17, 15) is 19.8 Å². The van der Waals surface area contributed by atoms with Crippen molar-refractivity contribution in [1.29, 1.82) is 0 Å². The molecule has 2 heterocycles. The van der Waals surface area contributed by atoms with Crippen molar-refractivity contribution in [2.45, 2.75) is 33.2 Å². The number of rotatable bonds is 6. The van der Waals surface area contributed by atoms with Gasteiger partial charge in [0.1, 0.15) is 17.3 Å². The summed E-state index contributed by atoms with van der Waals surface area (Å²) < 4.78 is 6.60. The van der Waals surface area contributed by atoms with Gasteiger partial charge in [-0.2, -0.15) is 0 Å². The van der Waals surface area contributed by atoms with Gasteiger partial charge in [0, 0.05) is 5.56 Å². The predicted molar refractivity (Wildman–Crippen MR) is 144 cm³/mol. The second-order valence-corrected chi connectivity index (χ2v) is 10.1. The smallest absolute Gasteiger partial charge is 0.301 e. The highest BCUT2D eigenvalue weighted by Gasteiger charge is 2.48. The predicted octanol–water partition coefficient (Wildman–Crippen LogP) is 6.03. The molecule has 2 N–H and O–H groups in total. The number of aromatic nitrogens is 1. The van der Waals surface area contributed by atoms with Crippen LogP contribution in [-0.4, -0.2) is 33.5 Å². The molecule has 1 atom stereocenters. The van der Waals surface area contributed by atoms with Gasteiger partial charge in [0.2, 0.25) is 0 Å². The Hall–Kier alpha value is -4.17. The standard InChI is InChI=1S/C29H26N2O5S/c1-4-12-36-21-7-5-6-19(15-21)26(33)23-25(18-8-10-20(32)11-9-18)31(28(35)27(23)34)29-30-24-17(3)13-16(2)14-22(24)37-29/h5-11,13-15,25,32-33H,4,12H2,1-3H3/b26-23+. The molecule has 0 aliphatic carbocycles. The van der Waals surface area contributed by atoms with Gasteiger partial charge in [0.05, 0.1) is 28.4 Å². The van der Waals surface area contributed by atoms with Crippen LogP contribution in [0.15, 0.2) is 66.2 Å². The summed E-state index contributed by atoms with van der Waals surface area (Å²) in [5, 5.41) is 21.6. The molecule has 5 rings (SSSR count). The van der Waals surface area contributed by atoms with Crippen LogP contribution in [-0.2, 0) is 9.59 Å². The molecular formula is C29H26N2O5S. The lowest BCUT2D eigenvalue weighted by Crippen LogP contribution is -2.29. The van der Waals surface area contributed by atoms with Gasteiger partial charge >= 0.3 is 5.91 Å². The molecule has 1 amide bonds. The number of aliphatic hydroxyl groups excluding tert-OH is 1. The van der Waals surface area contributed by atoms with Crippen LogP contribution in [0.3, 0.4) is 0 Å². The number of fused-ring (bicyclic) bond motifs is 1. The van der Waals surface area contributed by atoms with E-state index in [2.05, 4.69) is 0 Å². The van der Waals surface area contributed by atoms with Gasteiger partial charge in [-0.05, 0) is 67.3 Å². The minimum atomic E-state index is -0.928. The summed E-state index contributed by atoms with van der Waals surface area (Å²) in [5.41, 5.74) is 3.69. The number of aliphatic hydroxyl groups is 1. The second-order valence-electron chi connectivity index (χ2n) is 9.06. The first-order chi connectivity index (χ1) is 17.8. The fourth-order valence-electron chi connectivity index (χ4n) is 4.57. The zero-order valence-electron chi connectivity index (χ0n) is 20.7. The summed E-state index contributed by atoms with van der Waals surface area (Å²) >= 11 is 1.32. The molecule has 4 aromatic rings. The van der Waals surface area contributed by atoms with Gasteiger partial charge in [-0.25, -0.2) is 4.98 Å². The summed E-state index contributed by atoms with van der Waals surface area (Å²) in [4.78, 5) is 33.0. The van der Waals surface area contributed by atoms with Crippen molar-refractivity contribution in [2.75, 3.05) is 11.5 Å². The largest absolute Gasteiger partial charge is 0.508 e. The first kappa shape index (κ1) is 24.5. The van der Waals surface area contributed by atoms with Crippen molar-refractivity contribution in [3.8, 4) is 11.5 Å². The number of amides is 1. The Morgan fingerprint density at radius 1 is 1.08 bits per heavy atom. The molecule has 7 nitrogen and oxygen atoms in total. The molecule has 37 heavy (non-hydrogen) atoms. The number of phenols is 1. The maximum Gasteiger partial charge on any atom is 0.301 e. The van der Waals surface area contributed by atoms with Crippen molar-refractivity contribution < 1.29 is 24.5 Å². The van der Waals surface area contributed by atoms with Crippen LogP contribution in [0.4, 0.5) is 5.13 Å². The van der Waals surface area contributed by atoms with E-state index >= 15 is 0 Å². The van der Waals surface area contributed by atoms with Gasteiger partial charge in [0.15, 0.2) is 5.13 Å². The van der Waals surface area contributed by atoms with E-state index < -0.39 is 17.7 Å². The number of ether oxygens (including phenoxy) is 1. The number of nitrogens with zero attached hydrogens (tertiary/aromatic N) is 2. The van der Waals surface area contributed by atoms with E-state index in [4.69, 9.17) is 9.72 Å². The summed E-state index contributed by atoms with van der Waals surface area (Å²) in [5.74, 6) is -1.27. The monoisotopic (exact) mass is 514 g/mol. The number of aromatic hydroxyl groups is 1. The number of Topliss-reactive ketones (excluding diaryl/α,β-unsaturated/α-hetero) is 1. The average Bonchev–Trinajstić information content (AvgIpc) is 3.41. The maximum absolute atomic E-state index is 13.5. The first-order valence-corrected chi connectivity index (χ1v) is 12.8. The molecule has 1 aromatic heterocycles. The number of ketones is 1. The molecule has 1 aliphatic heterocycles. The van der Waals surface area contributed by atoms with Crippen LogP contribution < -0.4 is 9.64 Å². The van der Waals surface area contributed by atoms with Crippen molar-refractivity contribution in [3.63, 3.8) is 0 Å². The highest BCUT2D eigenvalue weighted by molar-refractivity contribution is 7.22. The Morgan fingerprint density at radius 3 is 2.57 bits per heavy atom. The number of thiazole rings is 1. The molecular weight excluding hydrogens is 488 g/mol.